The molecule has 1 aromatic rings. The lowest BCUT2D eigenvalue weighted by atomic mass is 10.3. The molecule has 0 saturated carbocycles. The largest absolute Gasteiger partial charge is 0.724 e. The Bertz CT molecular complexity index is 302. The Hall–Kier alpha value is -0.710. The fourth-order valence-corrected chi connectivity index (χ4v) is 1.62. The van der Waals surface area contributed by atoms with E-state index in [2.05, 4.69) is 0 Å². The van der Waals surface area contributed by atoms with Crippen LogP contribution in [0, 0.1) is 0 Å². The highest BCUT2D eigenvalue weighted by molar-refractivity contribution is 7.78. The quantitative estimate of drug-likeness (QED) is 0.546. The minimum absolute atomic E-state index is 0.0686. The van der Waals surface area contributed by atoms with Crippen molar-refractivity contribution in [3.05, 3.63) is 30.3 Å². The van der Waals surface area contributed by atoms with E-state index in [9.17, 15) is 8.76 Å². The van der Waals surface area contributed by atoms with E-state index < -0.39 is 11.3 Å². The molecule has 13 heavy (non-hydrogen) atoms. The summed E-state index contributed by atoms with van der Waals surface area (Å²) in [6.07, 6.45) is 0. The van der Waals surface area contributed by atoms with E-state index in [1.54, 1.807) is 7.05 Å². The summed E-state index contributed by atoms with van der Waals surface area (Å²) in [5.74, 6) is 0. The summed E-state index contributed by atoms with van der Waals surface area (Å²) < 4.78 is 22.0. The number of hydrogen-bond acceptors (Lipinski definition) is 2. The zero-order valence-electron chi connectivity index (χ0n) is 7.77. The van der Waals surface area contributed by atoms with Crippen molar-refractivity contribution in [1.82, 2.24) is 3.89 Å². The molecule has 0 aromatic heterocycles. The van der Waals surface area contributed by atoms with Crippen LogP contribution in [0.1, 0.15) is 6.92 Å². The molecule has 0 heterocycles. The maximum absolute atomic E-state index is 11.0. The summed E-state index contributed by atoms with van der Waals surface area (Å²) in [6.45, 7) is 2.38. The zero-order valence-corrected chi connectivity index (χ0v) is 8.58. The number of quaternary nitrogens is 1. The molecule has 0 N–H and O–H groups in total. The van der Waals surface area contributed by atoms with E-state index in [1.807, 2.05) is 37.3 Å². The van der Waals surface area contributed by atoms with Gasteiger partial charge in [0, 0.05) is 12.1 Å². The molecule has 0 spiro atoms. The first-order valence-electron chi connectivity index (χ1n) is 4.12. The Kier molecular flexibility index (Phi) is 3.19. The van der Waals surface area contributed by atoms with Gasteiger partial charge in [-0.1, -0.05) is 18.2 Å². The van der Waals surface area contributed by atoms with Crippen LogP contribution in [0.15, 0.2) is 30.3 Å². The third-order valence-electron chi connectivity index (χ3n) is 2.23. The minimum atomic E-state index is -2.13. The van der Waals surface area contributed by atoms with E-state index in [0.717, 1.165) is 5.69 Å². The Labute approximate surface area is 81.0 Å². The molecule has 4 heteroatoms. The van der Waals surface area contributed by atoms with Crippen molar-refractivity contribution in [3.8, 4) is 0 Å². The molecule has 72 valence electrons. The molecule has 2 unspecified atom stereocenters. The van der Waals surface area contributed by atoms with E-state index in [0.29, 0.717) is 6.54 Å². The van der Waals surface area contributed by atoms with Crippen molar-refractivity contribution in [3.63, 3.8) is 0 Å². The number of para-hydroxylation sites is 1. The SMILES string of the molecule is CC[N+](C)(c1ccccc1)S(=O)[O-]. The number of rotatable bonds is 3. The fourth-order valence-electron chi connectivity index (χ4n) is 1.12. The average molecular weight is 199 g/mol. The highest BCUT2D eigenvalue weighted by Crippen LogP contribution is 2.21. The third-order valence-corrected chi connectivity index (χ3v) is 3.36. The van der Waals surface area contributed by atoms with E-state index >= 15 is 0 Å². The zero-order chi connectivity index (χ0) is 9.90. The standard InChI is InChI=1S/C9H13NO2S/c1-3-10(2,13(11)12)9-7-5-4-6-8-9/h4-8H,3H2,1-2H3. The Morgan fingerprint density at radius 3 is 2.31 bits per heavy atom. The van der Waals surface area contributed by atoms with Crippen LogP contribution < -0.4 is 3.89 Å². The van der Waals surface area contributed by atoms with Crippen molar-refractivity contribution >= 4 is 17.0 Å². The highest BCUT2D eigenvalue weighted by atomic mass is 32.2. The molecular weight excluding hydrogens is 186 g/mol. The summed E-state index contributed by atoms with van der Waals surface area (Å²) >= 11 is -2.13. The predicted octanol–water partition coefficient (Wildman–Crippen LogP) is 1.44. The number of benzene rings is 1. The lowest BCUT2D eigenvalue weighted by molar-refractivity contribution is 0.439. The average Bonchev–Trinajstić information content (AvgIpc) is 2.17. The summed E-state index contributed by atoms with van der Waals surface area (Å²) in [5, 5.41) is 0. The molecular formula is C9H13NO2S. The second-order valence-electron chi connectivity index (χ2n) is 2.97. The van der Waals surface area contributed by atoms with Crippen LogP contribution in [0.25, 0.3) is 0 Å². The van der Waals surface area contributed by atoms with Gasteiger partial charge >= 0.3 is 0 Å². The van der Waals surface area contributed by atoms with Gasteiger partial charge in [-0.3, -0.25) is 0 Å². The predicted molar refractivity (Wildman–Crippen MR) is 53.6 cm³/mol. The van der Waals surface area contributed by atoms with Crippen molar-refractivity contribution in [2.75, 3.05) is 13.6 Å². The molecule has 2 atom stereocenters. The van der Waals surface area contributed by atoms with Crippen molar-refractivity contribution < 1.29 is 8.76 Å². The topological polar surface area (TPSA) is 40.1 Å². The maximum atomic E-state index is 11.0. The normalized spacial score (nSPS) is 17.8. The van der Waals surface area contributed by atoms with Gasteiger partial charge in [0.15, 0.2) is 11.3 Å². The smallest absolute Gasteiger partial charge is 0.153 e. The summed E-state index contributed by atoms with van der Waals surface area (Å²) in [6, 6.07) is 9.19. The van der Waals surface area contributed by atoms with Crippen LogP contribution in [-0.2, 0) is 11.3 Å². The van der Waals surface area contributed by atoms with Crippen LogP contribution in [-0.4, -0.2) is 22.4 Å². The highest BCUT2D eigenvalue weighted by Gasteiger charge is 2.23. The summed E-state index contributed by atoms with van der Waals surface area (Å²) in [4.78, 5) is 0. The minimum Gasteiger partial charge on any atom is -0.724 e. The lowest BCUT2D eigenvalue weighted by Crippen LogP contribution is -2.46. The van der Waals surface area contributed by atoms with Gasteiger partial charge in [-0.25, -0.2) is 8.10 Å². The molecule has 0 aliphatic carbocycles. The lowest BCUT2D eigenvalue weighted by Gasteiger charge is -2.32. The third kappa shape index (κ3) is 1.96. The number of nitrogens with zero attached hydrogens (tertiary/aromatic N) is 1. The van der Waals surface area contributed by atoms with Gasteiger partial charge < -0.3 is 4.55 Å². The van der Waals surface area contributed by atoms with Crippen LogP contribution >= 0.6 is 0 Å². The van der Waals surface area contributed by atoms with Crippen LogP contribution in [0.5, 0.6) is 0 Å². The summed E-state index contributed by atoms with van der Waals surface area (Å²) in [5.41, 5.74) is 0.790. The molecule has 0 saturated heterocycles. The van der Waals surface area contributed by atoms with Crippen LogP contribution in [0.4, 0.5) is 5.69 Å². The molecule has 0 amide bonds. The van der Waals surface area contributed by atoms with Gasteiger partial charge in [0.25, 0.3) is 0 Å². The van der Waals surface area contributed by atoms with Crippen molar-refractivity contribution in [1.29, 1.82) is 0 Å². The Morgan fingerprint density at radius 2 is 1.92 bits per heavy atom. The molecule has 0 bridgehead atoms. The second-order valence-corrected chi connectivity index (χ2v) is 4.21. The first-order chi connectivity index (χ1) is 6.11. The van der Waals surface area contributed by atoms with E-state index in [1.165, 1.54) is 0 Å². The van der Waals surface area contributed by atoms with Gasteiger partial charge in [-0.05, 0) is 6.92 Å². The van der Waals surface area contributed by atoms with Crippen LogP contribution in [0.3, 0.4) is 0 Å². The number of hydrogen-bond donors (Lipinski definition) is 0. The van der Waals surface area contributed by atoms with E-state index in [4.69, 9.17) is 0 Å². The van der Waals surface area contributed by atoms with Crippen LogP contribution in [0.2, 0.25) is 0 Å². The Balaban J connectivity index is 3.11. The van der Waals surface area contributed by atoms with Gasteiger partial charge in [-0.2, -0.15) is 0 Å². The summed E-state index contributed by atoms with van der Waals surface area (Å²) in [7, 11) is 1.68. The first-order valence-corrected chi connectivity index (χ1v) is 5.15. The van der Waals surface area contributed by atoms with E-state index in [-0.39, 0.29) is 3.89 Å². The second kappa shape index (κ2) is 4.00. The molecule has 1 aromatic carbocycles. The van der Waals surface area contributed by atoms with Gasteiger partial charge in [-0.15, -0.1) is 0 Å². The monoisotopic (exact) mass is 199 g/mol. The maximum Gasteiger partial charge on any atom is 0.153 e. The van der Waals surface area contributed by atoms with Gasteiger partial charge in [0.1, 0.15) is 5.69 Å². The molecule has 0 radical (unpaired) electrons. The molecule has 3 nitrogen and oxygen atoms in total. The molecule has 0 fully saturated rings. The fraction of sp³-hybridized carbons (Fsp3) is 0.333. The molecule has 0 aliphatic rings. The van der Waals surface area contributed by atoms with Gasteiger partial charge in [0.2, 0.25) is 0 Å². The van der Waals surface area contributed by atoms with Crippen molar-refractivity contribution in [2.45, 2.75) is 6.92 Å². The first kappa shape index (κ1) is 10.4. The van der Waals surface area contributed by atoms with Gasteiger partial charge in [0.05, 0.1) is 13.6 Å². The molecule has 0 aliphatic heterocycles. The molecule has 1 rings (SSSR count). The Morgan fingerprint density at radius 1 is 1.38 bits per heavy atom. The van der Waals surface area contributed by atoms with Crippen molar-refractivity contribution in [2.24, 2.45) is 0 Å².